The first-order chi connectivity index (χ1) is 23.4. The number of nitrogens with zero attached hydrogens (tertiary/aromatic N) is 4. The maximum Gasteiger partial charge on any atom is 0.338 e. The molecule has 2 heterocycles. The topological polar surface area (TPSA) is 161 Å². The van der Waals surface area contributed by atoms with Gasteiger partial charge in [-0.3, -0.25) is 0 Å². The summed E-state index contributed by atoms with van der Waals surface area (Å²) in [7, 11) is 1.57. The third-order valence-electron chi connectivity index (χ3n) is 7.48. The molecule has 5 aromatic rings. The highest BCUT2D eigenvalue weighted by atomic mass is 16.7. The minimum atomic E-state index is -1.86. The number of rotatable bonds is 10. The molecule has 244 valence electrons. The van der Waals surface area contributed by atoms with E-state index in [1.807, 2.05) is 12.1 Å². The van der Waals surface area contributed by atoms with Crippen LogP contribution in [0.25, 0.3) is 0 Å². The van der Waals surface area contributed by atoms with E-state index < -0.39 is 48.6 Å². The Bertz CT molecular complexity index is 1840. The summed E-state index contributed by atoms with van der Waals surface area (Å²) in [5.41, 5.74) is 1.35. The molecule has 0 radical (unpaired) electrons. The molecule has 1 aliphatic rings. The average molecular weight is 651 g/mol. The van der Waals surface area contributed by atoms with Gasteiger partial charge >= 0.3 is 17.9 Å². The molecule has 13 heteroatoms. The van der Waals surface area contributed by atoms with Crippen molar-refractivity contribution in [2.45, 2.75) is 37.3 Å². The number of tetrazole rings is 1. The molecule has 1 aromatic heterocycles. The molecule has 0 amide bonds. The second-order valence-electron chi connectivity index (χ2n) is 10.7. The van der Waals surface area contributed by atoms with Crippen LogP contribution in [0, 0.1) is 0 Å². The fourth-order valence-electron chi connectivity index (χ4n) is 5.05. The molecule has 48 heavy (non-hydrogen) atoms. The van der Waals surface area contributed by atoms with Gasteiger partial charge in [0.2, 0.25) is 5.82 Å². The Kier molecular flexibility index (Phi) is 9.79. The lowest BCUT2D eigenvalue weighted by Gasteiger charge is -2.42. The van der Waals surface area contributed by atoms with E-state index >= 15 is 0 Å². The maximum atomic E-state index is 13.5. The number of aromatic nitrogens is 4. The van der Waals surface area contributed by atoms with Crippen molar-refractivity contribution in [3.05, 3.63) is 143 Å². The van der Waals surface area contributed by atoms with Crippen LogP contribution >= 0.6 is 0 Å². The number of methoxy groups -OCH3 is 1. The first kappa shape index (κ1) is 32.0. The maximum absolute atomic E-state index is 13.5. The molecule has 1 unspecified atom stereocenters. The summed E-state index contributed by atoms with van der Waals surface area (Å²) < 4.78 is 28.6. The molecular formula is C35H30N4O9. The molecule has 6 rings (SSSR count). The average Bonchev–Trinajstić information content (AvgIpc) is 3.60. The summed E-state index contributed by atoms with van der Waals surface area (Å²) in [6.45, 7) is 0.213. The number of hydrogen-bond acceptors (Lipinski definition) is 12. The van der Waals surface area contributed by atoms with E-state index in [1.54, 1.807) is 73.8 Å². The Balaban J connectivity index is 1.36. The largest absolute Gasteiger partial charge is 0.497 e. The number of esters is 3. The molecule has 0 spiro atoms. The minimum absolute atomic E-state index is 0.0815. The molecule has 0 aliphatic carbocycles. The highest BCUT2D eigenvalue weighted by Crippen LogP contribution is 2.36. The van der Waals surface area contributed by atoms with Gasteiger partial charge in [0.05, 0.1) is 30.3 Å². The number of carbonyl (C=O) groups excluding carboxylic acids is 3. The second-order valence-corrected chi connectivity index (χ2v) is 10.7. The first-order valence-electron chi connectivity index (χ1n) is 14.9. The van der Waals surface area contributed by atoms with Crippen LogP contribution < -0.4 is 4.74 Å². The van der Waals surface area contributed by atoms with Crippen LogP contribution in [0.2, 0.25) is 0 Å². The van der Waals surface area contributed by atoms with Gasteiger partial charge in [0.15, 0.2) is 30.7 Å². The van der Waals surface area contributed by atoms with E-state index in [2.05, 4.69) is 15.4 Å². The van der Waals surface area contributed by atoms with Crippen LogP contribution in [-0.4, -0.2) is 74.9 Å². The van der Waals surface area contributed by atoms with E-state index in [1.165, 1.54) is 41.2 Å². The van der Waals surface area contributed by atoms with Gasteiger partial charge in [-0.15, -0.1) is 10.2 Å². The lowest BCUT2D eigenvalue weighted by atomic mass is 9.97. The predicted molar refractivity (Wildman–Crippen MR) is 167 cm³/mol. The molecule has 5 atom stereocenters. The van der Waals surface area contributed by atoms with Gasteiger partial charge in [-0.2, -0.15) is 4.80 Å². The third-order valence-corrected chi connectivity index (χ3v) is 7.48. The summed E-state index contributed by atoms with van der Waals surface area (Å²) in [6, 6.07) is 31.4. The molecule has 1 fully saturated rings. The number of carbonyl (C=O) groups is 3. The molecular weight excluding hydrogens is 620 g/mol. The van der Waals surface area contributed by atoms with Crippen LogP contribution in [-0.2, 0) is 25.5 Å². The Morgan fingerprint density at radius 1 is 0.688 bits per heavy atom. The number of hydrogen-bond donors (Lipinski definition) is 1. The van der Waals surface area contributed by atoms with Crippen molar-refractivity contribution in [3.8, 4) is 5.75 Å². The van der Waals surface area contributed by atoms with Gasteiger partial charge < -0.3 is 28.8 Å². The van der Waals surface area contributed by atoms with Crippen molar-refractivity contribution in [1.29, 1.82) is 0 Å². The molecule has 1 aliphatic heterocycles. The lowest BCUT2D eigenvalue weighted by Crippen LogP contribution is -2.58. The van der Waals surface area contributed by atoms with Crippen molar-refractivity contribution >= 4 is 17.9 Å². The summed E-state index contributed by atoms with van der Waals surface area (Å²) in [4.78, 5) is 41.4. The molecule has 13 nitrogen and oxygen atoms in total. The third kappa shape index (κ3) is 7.38. The van der Waals surface area contributed by atoms with Gasteiger partial charge in [-0.1, -0.05) is 66.7 Å². The quantitative estimate of drug-likeness (QED) is 0.172. The molecule has 1 saturated heterocycles. The zero-order valence-corrected chi connectivity index (χ0v) is 25.6. The van der Waals surface area contributed by atoms with Gasteiger partial charge in [0, 0.05) is 0 Å². The molecule has 4 aromatic carbocycles. The summed E-state index contributed by atoms with van der Waals surface area (Å²) in [5.74, 6) is -1.87. The molecule has 0 bridgehead atoms. The van der Waals surface area contributed by atoms with Crippen LogP contribution in [0.4, 0.5) is 0 Å². The number of aliphatic hydroxyl groups excluding tert-OH is 1. The van der Waals surface area contributed by atoms with Gasteiger partial charge in [-0.05, 0) is 59.3 Å². The van der Waals surface area contributed by atoms with Crippen molar-refractivity contribution in [3.63, 3.8) is 0 Å². The monoisotopic (exact) mass is 650 g/mol. The van der Waals surface area contributed by atoms with Crippen molar-refractivity contribution in [1.82, 2.24) is 20.2 Å². The Morgan fingerprint density at radius 3 is 1.67 bits per heavy atom. The minimum Gasteiger partial charge on any atom is -0.497 e. The Labute approximate surface area is 274 Å². The number of aliphatic hydroxyl groups is 1. The van der Waals surface area contributed by atoms with Gasteiger partial charge in [0.25, 0.3) is 0 Å². The van der Waals surface area contributed by atoms with Crippen molar-refractivity contribution < 1.29 is 43.2 Å². The van der Waals surface area contributed by atoms with E-state index in [9.17, 15) is 19.5 Å². The lowest BCUT2D eigenvalue weighted by molar-refractivity contribution is -0.283. The van der Waals surface area contributed by atoms with E-state index in [0.717, 1.165) is 5.56 Å². The zero-order valence-electron chi connectivity index (χ0n) is 25.6. The van der Waals surface area contributed by atoms with Gasteiger partial charge in [-0.25, -0.2) is 14.4 Å². The van der Waals surface area contributed by atoms with E-state index in [4.69, 9.17) is 23.7 Å². The van der Waals surface area contributed by atoms with Gasteiger partial charge in [0.1, 0.15) is 5.75 Å². The highest BCUT2D eigenvalue weighted by molar-refractivity contribution is 5.91. The fourth-order valence-corrected chi connectivity index (χ4v) is 5.05. The number of ether oxygens (including phenoxy) is 5. The Hall–Kier alpha value is -5.92. The summed E-state index contributed by atoms with van der Waals surface area (Å²) >= 11 is 0. The first-order valence-corrected chi connectivity index (χ1v) is 14.9. The normalized spacial score (nSPS) is 20.3. The standard InChI is InChI=1S/C35H30N4O9/c1-44-26-19-17-22(18-20-26)21-39-37-31(36-38-39)29-27(45-32(40)23-11-5-2-6-12-23)28(46-33(41)24-13-7-3-8-14-24)30(35(43)47-29)48-34(42)25-15-9-4-10-16-25/h2-20,27-30,35,43H,21H2,1H3/t27-,28-,29?,30+,35+/m0/s1. The van der Waals surface area contributed by atoms with Crippen LogP contribution in [0.5, 0.6) is 5.75 Å². The predicted octanol–water partition coefficient (Wildman–Crippen LogP) is 3.80. The smallest absolute Gasteiger partial charge is 0.338 e. The summed E-state index contributed by atoms with van der Waals surface area (Å²) in [5, 5.41) is 24.0. The number of benzene rings is 4. The van der Waals surface area contributed by atoms with Crippen LogP contribution in [0.15, 0.2) is 115 Å². The Morgan fingerprint density at radius 2 is 1.17 bits per heavy atom. The molecule has 0 saturated carbocycles. The summed E-state index contributed by atoms with van der Waals surface area (Å²) in [6.07, 6.45) is -8.00. The fraction of sp³-hybridized carbons (Fsp3) is 0.200. The van der Waals surface area contributed by atoms with Crippen LogP contribution in [0.3, 0.4) is 0 Å². The van der Waals surface area contributed by atoms with E-state index in [0.29, 0.717) is 5.75 Å². The molecule has 1 N–H and O–H groups in total. The zero-order chi connectivity index (χ0) is 33.5. The van der Waals surface area contributed by atoms with Crippen molar-refractivity contribution in [2.24, 2.45) is 0 Å². The van der Waals surface area contributed by atoms with Crippen molar-refractivity contribution in [2.75, 3.05) is 7.11 Å². The van der Waals surface area contributed by atoms with E-state index in [-0.39, 0.29) is 29.1 Å². The highest BCUT2D eigenvalue weighted by Gasteiger charge is 2.54. The van der Waals surface area contributed by atoms with Crippen LogP contribution in [0.1, 0.15) is 48.6 Å². The SMILES string of the molecule is COc1ccc(Cn2nnc(C3O[C@@H](O)[C@H](OC(=O)c4ccccc4)[C@@H](OC(=O)c4ccccc4)[C@@H]3OC(=O)c3ccccc3)n2)cc1. The second kappa shape index (κ2) is 14.7.